The number of aliphatic carboxylic acids is 5. The SMILES string of the molecule is NC(CC(=O)O)C(=O)NC(CCC(=O)O)C(=O)NC(CC(=O)O)C(=O)NC(CC(=O)O)C(=O)O. The van der Waals surface area contributed by atoms with Crippen LogP contribution in [-0.4, -0.2) is 97.3 Å². The van der Waals surface area contributed by atoms with Crippen LogP contribution in [0.25, 0.3) is 0 Å². The van der Waals surface area contributed by atoms with E-state index < -0.39 is 104 Å². The van der Waals surface area contributed by atoms with Gasteiger partial charge in [-0.15, -0.1) is 0 Å². The standard InChI is InChI=1S/C17H24N4O13/c18-6(3-11(24)25)14(30)19-7(1-2-10(22)23)15(31)20-8(4-12(26)27)16(32)21-9(17(33)34)5-13(28)29/h6-9H,1-5,18H2,(H,19,30)(H,20,31)(H,21,32)(H,22,23)(H,24,25)(H,26,27)(H,28,29)(H,33,34). The molecule has 0 saturated heterocycles. The van der Waals surface area contributed by atoms with Crippen LogP contribution in [0.4, 0.5) is 0 Å². The number of hydrogen-bond donors (Lipinski definition) is 9. The van der Waals surface area contributed by atoms with Crippen molar-refractivity contribution < 1.29 is 63.9 Å². The molecule has 0 rings (SSSR count). The van der Waals surface area contributed by atoms with Crippen molar-refractivity contribution in [2.45, 2.75) is 56.3 Å². The molecule has 0 aromatic heterocycles. The summed E-state index contributed by atoms with van der Waals surface area (Å²) in [7, 11) is 0. The molecule has 17 nitrogen and oxygen atoms in total. The van der Waals surface area contributed by atoms with Crippen LogP contribution in [0.5, 0.6) is 0 Å². The maximum absolute atomic E-state index is 12.6. The van der Waals surface area contributed by atoms with Crippen molar-refractivity contribution >= 4 is 47.6 Å². The Kier molecular flexibility index (Phi) is 12.2. The van der Waals surface area contributed by atoms with Gasteiger partial charge in [-0.05, 0) is 6.42 Å². The molecule has 34 heavy (non-hydrogen) atoms. The molecule has 0 radical (unpaired) electrons. The lowest BCUT2D eigenvalue weighted by Crippen LogP contribution is -2.57. The van der Waals surface area contributed by atoms with Crippen molar-refractivity contribution in [2.75, 3.05) is 0 Å². The van der Waals surface area contributed by atoms with E-state index in [0.717, 1.165) is 0 Å². The lowest BCUT2D eigenvalue weighted by Gasteiger charge is -2.24. The van der Waals surface area contributed by atoms with E-state index in [1.165, 1.54) is 0 Å². The largest absolute Gasteiger partial charge is 0.481 e. The lowest BCUT2D eigenvalue weighted by molar-refractivity contribution is -0.148. The molecule has 17 heteroatoms. The van der Waals surface area contributed by atoms with Crippen molar-refractivity contribution in [3.63, 3.8) is 0 Å². The topological polar surface area (TPSA) is 300 Å². The molecule has 3 amide bonds. The molecule has 0 aliphatic carbocycles. The van der Waals surface area contributed by atoms with Crippen LogP contribution in [0.1, 0.15) is 32.1 Å². The Labute approximate surface area is 190 Å². The van der Waals surface area contributed by atoms with Gasteiger partial charge in [-0.2, -0.15) is 0 Å². The first kappa shape index (κ1) is 29.7. The molecule has 0 spiro atoms. The molecule has 190 valence electrons. The lowest BCUT2D eigenvalue weighted by atomic mass is 10.1. The highest BCUT2D eigenvalue weighted by Crippen LogP contribution is 2.04. The zero-order valence-corrected chi connectivity index (χ0v) is 17.4. The Bertz CT molecular complexity index is 843. The second-order valence-electron chi connectivity index (χ2n) is 6.85. The van der Waals surface area contributed by atoms with E-state index in [0.29, 0.717) is 0 Å². The predicted molar refractivity (Wildman–Crippen MR) is 105 cm³/mol. The predicted octanol–water partition coefficient (Wildman–Crippen LogP) is -3.86. The molecule has 0 heterocycles. The second kappa shape index (κ2) is 14.0. The fraction of sp³-hybridized carbons (Fsp3) is 0.529. The number of carboxylic acid groups (broad SMARTS) is 5. The molecule has 0 saturated carbocycles. The fourth-order valence-electron chi connectivity index (χ4n) is 2.40. The van der Waals surface area contributed by atoms with Gasteiger partial charge in [-0.3, -0.25) is 33.6 Å². The minimum atomic E-state index is -1.96. The van der Waals surface area contributed by atoms with Gasteiger partial charge in [-0.1, -0.05) is 0 Å². The van der Waals surface area contributed by atoms with Gasteiger partial charge >= 0.3 is 29.8 Å². The van der Waals surface area contributed by atoms with E-state index in [1.54, 1.807) is 5.32 Å². The summed E-state index contributed by atoms with van der Waals surface area (Å²) in [4.78, 5) is 91.4. The number of nitrogens with one attached hydrogen (secondary N) is 3. The molecule has 0 aliphatic heterocycles. The Balaban J connectivity index is 5.62. The number of carbonyl (C=O) groups is 8. The van der Waals surface area contributed by atoms with E-state index in [9.17, 15) is 38.4 Å². The molecule has 0 aromatic rings. The second-order valence-corrected chi connectivity index (χ2v) is 6.85. The van der Waals surface area contributed by atoms with Crippen LogP contribution in [0.3, 0.4) is 0 Å². The van der Waals surface area contributed by atoms with Crippen LogP contribution >= 0.6 is 0 Å². The summed E-state index contributed by atoms with van der Waals surface area (Å²) in [6.07, 6.45) is -4.22. The average Bonchev–Trinajstić information content (AvgIpc) is 2.68. The van der Waals surface area contributed by atoms with Crippen molar-refractivity contribution in [1.29, 1.82) is 0 Å². The first-order valence-electron chi connectivity index (χ1n) is 9.40. The summed E-state index contributed by atoms with van der Waals surface area (Å²) in [5, 5.41) is 49.9. The molecular weight excluding hydrogens is 468 g/mol. The molecule has 4 atom stereocenters. The normalized spacial score (nSPS) is 13.9. The number of rotatable bonds is 16. The average molecular weight is 492 g/mol. The van der Waals surface area contributed by atoms with Gasteiger partial charge in [0.1, 0.15) is 18.1 Å². The molecule has 0 aliphatic rings. The third-order valence-electron chi connectivity index (χ3n) is 4.02. The fourth-order valence-corrected chi connectivity index (χ4v) is 2.40. The number of amides is 3. The Morgan fingerprint density at radius 2 is 0.971 bits per heavy atom. The molecule has 0 aromatic carbocycles. The minimum absolute atomic E-state index is 0.565. The summed E-state index contributed by atoms with van der Waals surface area (Å²) in [6.45, 7) is 0. The van der Waals surface area contributed by atoms with E-state index >= 15 is 0 Å². The van der Waals surface area contributed by atoms with E-state index in [4.69, 9.17) is 31.3 Å². The van der Waals surface area contributed by atoms with Gasteiger partial charge < -0.3 is 47.2 Å². The third-order valence-corrected chi connectivity index (χ3v) is 4.02. The van der Waals surface area contributed by atoms with Crippen molar-refractivity contribution in [2.24, 2.45) is 5.73 Å². The number of carbonyl (C=O) groups excluding carboxylic acids is 3. The van der Waals surface area contributed by atoms with Crippen LogP contribution in [0, 0.1) is 0 Å². The molecule has 0 fully saturated rings. The summed E-state index contributed by atoms with van der Waals surface area (Å²) in [5.74, 6) is -11.6. The quantitative estimate of drug-likeness (QED) is 0.0996. The van der Waals surface area contributed by atoms with Gasteiger partial charge in [0, 0.05) is 6.42 Å². The minimum Gasteiger partial charge on any atom is -0.481 e. The van der Waals surface area contributed by atoms with Crippen molar-refractivity contribution in [3.05, 3.63) is 0 Å². The van der Waals surface area contributed by atoms with Gasteiger partial charge in [0.05, 0.1) is 25.3 Å². The number of hydrogen-bond acceptors (Lipinski definition) is 9. The van der Waals surface area contributed by atoms with E-state index in [1.807, 2.05) is 10.6 Å². The van der Waals surface area contributed by atoms with Crippen molar-refractivity contribution in [1.82, 2.24) is 16.0 Å². The van der Waals surface area contributed by atoms with Gasteiger partial charge in [0.25, 0.3) is 0 Å². The number of nitrogens with two attached hydrogens (primary N) is 1. The Hall–Kier alpha value is -4.28. The Morgan fingerprint density at radius 3 is 1.41 bits per heavy atom. The van der Waals surface area contributed by atoms with Gasteiger partial charge in [0.15, 0.2) is 0 Å². The summed E-state index contributed by atoms with van der Waals surface area (Å²) >= 11 is 0. The van der Waals surface area contributed by atoms with Crippen LogP contribution in [0.2, 0.25) is 0 Å². The smallest absolute Gasteiger partial charge is 0.326 e. The first-order valence-corrected chi connectivity index (χ1v) is 9.40. The highest BCUT2D eigenvalue weighted by Gasteiger charge is 2.32. The summed E-state index contributed by atoms with van der Waals surface area (Å²) in [5.41, 5.74) is 5.37. The molecule has 0 bridgehead atoms. The van der Waals surface area contributed by atoms with Crippen LogP contribution in [-0.2, 0) is 38.4 Å². The molecule has 10 N–H and O–H groups in total. The molecular formula is C17H24N4O13. The summed E-state index contributed by atoms with van der Waals surface area (Å²) in [6, 6.07) is -7.22. The first-order chi connectivity index (χ1) is 15.6. The van der Waals surface area contributed by atoms with Gasteiger partial charge in [0.2, 0.25) is 17.7 Å². The van der Waals surface area contributed by atoms with Crippen LogP contribution in [0.15, 0.2) is 0 Å². The molecule has 4 unspecified atom stereocenters. The zero-order valence-electron chi connectivity index (χ0n) is 17.4. The summed E-state index contributed by atoms with van der Waals surface area (Å²) < 4.78 is 0. The number of carboxylic acids is 5. The highest BCUT2D eigenvalue weighted by molar-refractivity contribution is 5.96. The highest BCUT2D eigenvalue weighted by atomic mass is 16.4. The zero-order chi connectivity index (χ0) is 26.6. The van der Waals surface area contributed by atoms with Gasteiger partial charge in [-0.25, -0.2) is 4.79 Å². The van der Waals surface area contributed by atoms with Crippen LogP contribution < -0.4 is 21.7 Å². The van der Waals surface area contributed by atoms with Crippen molar-refractivity contribution in [3.8, 4) is 0 Å². The van der Waals surface area contributed by atoms with E-state index in [2.05, 4.69) is 0 Å². The maximum atomic E-state index is 12.6. The monoisotopic (exact) mass is 492 g/mol. The maximum Gasteiger partial charge on any atom is 0.326 e. The Morgan fingerprint density at radius 1 is 0.559 bits per heavy atom. The van der Waals surface area contributed by atoms with E-state index in [-0.39, 0.29) is 0 Å². The third kappa shape index (κ3) is 11.9.